The number of fused-ring (bicyclic) bond motifs is 1. The first-order valence-corrected chi connectivity index (χ1v) is 13.1. The highest BCUT2D eigenvalue weighted by Crippen LogP contribution is 2.27. The van der Waals surface area contributed by atoms with Crippen molar-refractivity contribution >= 4 is 26.8 Å². The van der Waals surface area contributed by atoms with E-state index in [0.717, 1.165) is 11.1 Å². The standard InChI is InChI=1S/C25H30N4O4S/c1-3-33-24-14-9-19-16-21(12-13-23(19)28-24)34(31,32)29-20-10-7-18(8-11-20)25(30)27-17(2)22-6-4-5-15-26-22/h4-6,9,12-18,20,29H,3,7-8,10-11H2,1-2H3,(H,27,30)/t17-,18-,20-/m1/s1. The van der Waals surface area contributed by atoms with Gasteiger partial charge in [0.1, 0.15) is 0 Å². The van der Waals surface area contributed by atoms with Crippen LogP contribution in [0.3, 0.4) is 0 Å². The van der Waals surface area contributed by atoms with E-state index >= 15 is 0 Å². The fourth-order valence-electron chi connectivity index (χ4n) is 4.28. The molecular formula is C25H30N4O4S. The van der Waals surface area contributed by atoms with E-state index in [1.54, 1.807) is 30.5 Å². The Labute approximate surface area is 200 Å². The number of hydrogen-bond donors (Lipinski definition) is 2. The van der Waals surface area contributed by atoms with E-state index in [4.69, 9.17) is 4.74 Å². The maximum atomic E-state index is 13.0. The number of benzene rings is 1. The summed E-state index contributed by atoms with van der Waals surface area (Å²) in [7, 11) is -3.68. The molecule has 9 heteroatoms. The van der Waals surface area contributed by atoms with E-state index in [1.165, 1.54) is 0 Å². The van der Waals surface area contributed by atoms with E-state index in [2.05, 4.69) is 20.0 Å². The number of sulfonamides is 1. The number of carbonyl (C=O) groups excluding carboxylic acids is 1. The number of nitrogens with zero attached hydrogens (tertiary/aromatic N) is 2. The van der Waals surface area contributed by atoms with Crippen molar-refractivity contribution in [2.75, 3.05) is 6.61 Å². The van der Waals surface area contributed by atoms with Crippen LogP contribution >= 0.6 is 0 Å². The predicted octanol–water partition coefficient (Wildman–Crippen LogP) is 3.74. The van der Waals surface area contributed by atoms with Crippen molar-refractivity contribution in [1.82, 2.24) is 20.0 Å². The van der Waals surface area contributed by atoms with Gasteiger partial charge in [0.05, 0.1) is 28.8 Å². The molecule has 1 fully saturated rings. The van der Waals surface area contributed by atoms with E-state index in [0.29, 0.717) is 43.7 Å². The molecule has 4 rings (SSSR count). The van der Waals surface area contributed by atoms with E-state index in [1.807, 2.05) is 38.1 Å². The summed E-state index contributed by atoms with van der Waals surface area (Å²) >= 11 is 0. The maximum Gasteiger partial charge on any atom is 0.240 e. The third kappa shape index (κ3) is 5.71. The summed E-state index contributed by atoms with van der Waals surface area (Å²) in [6.07, 6.45) is 4.20. The SMILES string of the molecule is CCOc1ccc2cc(S(=O)(=O)N[C@H]3CC[C@H](C(=O)N[C@H](C)c4ccccn4)CC3)ccc2n1. The average Bonchev–Trinajstić information content (AvgIpc) is 2.84. The molecular weight excluding hydrogens is 452 g/mol. The van der Waals surface area contributed by atoms with Crippen molar-refractivity contribution in [2.45, 2.75) is 56.5 Å². The summed E-state index contributed by atoms with van der Waals surface area (Å²) in [6.45, 7) is 4.31. The van der Waals surface area contributed by atoms with Crippen LogP contribution in [0.4, 0.5) is 0 Å². The van der Waals surface area contributed by atoms with Gasteiger partial charge in [0.15, 0.2) is 0 Å². The molecule has 1 aliphatic carbocycles. The molecule has 0 unspecified atom stereocenters. The lowest BCUT2D eigenvalue weighted by Crippen LogP contribution is -2.41. The summed E-state index contributed by atoms with van der Waals surface area (Å²) in [5.74, 6) is 0.380. The van der Waals surface area contributed by atoms with Crippen LogP contribution in [0.15, 0.2) is 59.6 Å². The largest absolute Gasteiger partial charge is 0.478 e. The first-order valence-electron chi connectivity index (χ1n) is 11.6. The van der Waals surface area contributed by atoms with Crippen LogP contribution in [0, 0.1) is 5.92 Å². The van der Waals surface area contributed by atoms with Gasteiger partial charge in [-0.1, -0.05) is 6.07 Å². The zero-order chi connectivity index (χ0) is 24.1. The Balaban J connectivity index is 1.34. The zero-order valence-electron chi connectivity index (χ0n) is 19.4. The Morgan fingerprint density at radius 2 is 1.91 bits per heavy atom. The van der Waals surface area contributed by atoms with Crippen LogP contribution in [-0.2, 0) is 14.8 Å². The number of aromatic nitrogens is 2. The van der Waals surface area contributed by atoms with E-state index < -0.39 is 10.0 Å². The molecule has 8 nitrogen and oxygen atoms in total. The van der Waals surface area contributed by atoms with Gasteiger partial charge < -0.3 is 10.1 Å². The van der Waals surface area contributed by atoms with Gasteiger partial charge in [-0.2, -0.15) is 0 Å². The second-order valence-electron chi connectivity index (χ2n) is 8.59. The van der Waals surface area contributed by atoms with Gasteiger partial charge in [-0.3, -0.25) is 9.78 Å². The van der Waals surface area contributed by atoms with Crippen LogP contribution in [0.1, 0.15) is 51.3 Å². The predicted molar refractivity (Wildman–Crippen MR) is 130 cm³/mol. The molecule has 34 heavy (non-hydrogen) atoms. The van der Waals surface area contributed by atoms with Crippen LogP contribution in [0.5, 0.6) is 5.88 Å². The highest BCUT2D eigenvalue weighted by atomic mass is 32.2. The van der Waals surface area contributed by atoms with Crippen molar-refractivity contribution in [2.24, 2.45) is 5.92 Å². The van der Waals surface area contributed by atoms with Gasteiger partial charge in [-0.15, -0.1) is 0 Å². The molecule has 0 aliphatic heterocycles. The summed E-state index contributed by atoms with van der Waals surface area (Å²) < 4.78 is 34.2. The Kier molecular flexibility index (Phi) is 7.43. The smallest absolute Gasteiger partial charge is 0.240 e. The summed E-state index contributed by atoms with van der Waals surface area (Å²) in [5, 5.41) is 3.76. The highest BCUT2D eigenvalue weighted by molar-refractivity contribution is 7.89. The van der Waals surface area contributed by atoms with Crippen LogP contribution in [0.25, 0.3) is 10.9 Å². The third-order valence-electron chi connectivity index (χ3n) is 6.15. The number of amides is 1. The molecule has 0 saturated heterocycles. The molecule has 0 bridgehead atoms. The summed E-state index contributed by atoms with van der Waals surface area (Å²) in [5.41, 5.74) is 1.49. The normalized spacial score (nSPS) is 19.5. The van der Waals surface area contributed by atoms with E-state index in [9.17, 15) is 13.2 Å². The molecule has 1 atom stereocenters. The zero-order valence-corrected chi connectivity index (χ0v) is 20.2. The highest BCUT2D eigenvalue weighted by Gasteiger charge is 2.30. The van der Waals surface area contributed by atoms with Crippen LogP contribution in [0.2, 0.25) is 0 Å². The second kappa shape index (κ2) is 10.5. The van der Waals surface area contributed by atoms with Gasteiger partial charge in [0.2, 0.25) is 21.8 Å². The molecule has 1 saturated carbocycles. The lowest BCUT2D eigenvalue weighted by Gasteiger charge is -2.29. The van der Waals surface area contributed by atoms with Gasteiger partial charge in [-0.05, 0) is 75.9 Å². The number of ether oxygens (including phenoxy) is 1. The lowest BCUT2D eigenvalue weighted by molar-refractivity contribution is -0.126. The minimum Gasteiger partial charge on any atom is -0.478 e. The Morgan fingerprint density at radius 3 is 2.62 bits per heavy atom. The van der Waals surface area contributed by atoms with Crippen molar-refractivity contribution in [1.29, 1.82) is 0 Å². The number of nitrogens with one attached hydrogen (secondary N) is 2. The number of hydrogen-bond acceptors (Lipinski definition) is 6. The Hall–Kier alpha value is -3.04. The monoisotopic (exact) mass is 482 g/mol. The van der Waals surface area contributed by atoms with Crippen LogP contribution in [-0.4, -0.2) is 36.9 Å². The van der Waals surface area contributed by atoms with Crippen LogP contribution < -0.4 is 14.8 Å². The van der Waals surface area contributed by atoms with Gasteiger partial charge >= 0.3 is 0 Å². The maximum absolute atomic E-state index is 13.0. The quantitative estimate of drug-likeness (QED) is 0.506. The fourth-order valence-corrected chi connectivity index (χ4v) is 5.62. The Morgan fingerprint density at radius 1 is 1.12 bits per heavy atom. The van der Waals surface area contributed by atoms with Crippen molar-refractivity contribution in [3.8, 4) is 5.88 Å². The molecule has 2 aromatic heterocycles. The second-order valence-corrected chi connectivity index (χ2v) is 10.3. The van der Waals surface area contributed by atoms with E-state index in [-0.39, 0.29) is 28.8 Å². The van der Waals surface area contributed by atoms with Gasteiger partial charge in [0.25, 0.3) is 0 Å². The molecule has 1 aliphatic rings. The first kappa shape index (κ1) is 24.1. The topological polar surface area (TPSA) is 110 Å². The number of pyridine rings is 2. The summed E-state index contributed by atoms with van der Waals surface area (Å²) in [4.78, 5) is 21.6. The van der Waals surface area contributed by atoms with Crippen molar-refractivity contribution < 1.29 is 17.9 Å². The van der Waals surface area contributed by atoms with Gasteiger partial charge in [-0.25, -0.2) is 18.1 Å². The molecule has 2 heterocycles. The average molecular weight is 483 g/mol. The Bertz CT molecular complexity index is 1240. The number of carbonyl (C=O) groups is 1. The lowest BCUT2D eigenvalue weighted by atomic mass is 9.86. The molecule has 180 valence electrons. The fraction of sp³-hybridized carbons (Fsp3) is 0.400. The van der Waals surface area contributed by atoms with Crippen molar-refractivity contribution in [3.05, 3.63) is 60.4 Å². The third-order valence-corrected chi connectivity index (χ3v) is 7.67. The minimum absolute atomic E-state index is 0.00656. The van der Waals surface area contributed by atoms with Gasteiger partial charge in [0, 0.05) is 29.6 Å². The summed E-state index contributed by atoms with van der Waals surface area (Å²) in [6, 6.07) is 13.7. The molecule has 3 aromatic rings. The first-order chi connectivity index (χ1) is 16.4. The molecule has 1 amide bonds. The van der Waals surface area contributed by atoms with Crippen molar-refractivity contribution in [3.63, 3.8) is 0 Å². The minimum atomic E-state index is -3.68. The molecule has 0 radical (unpaired) electrons. The number of rotatable bonds is 8. The molecule has 1 aromatic carbocycles. The molecule has 0 spiro atoms. The molecule has 2 N–H and O–H groups in total.